The zero-order valence-corrected chi connectivity index (χ0v) is 18.2. The molecular weight excluding hydrogens is 438 g/mol. The van der Waals surface area contributed by atoms with Crippen LogP contribution in [-0.4, -0.2) is 44.9 Å². The van der Waals surface area contributed by atoms with Crippen LogP contribution in [0.1, 0.15) is 27.8 Å². The predicted molar refractivity (Wildman–Crippen MR) is 124 cm³/mol. The standard InChI is InChI=1S/C23H19N7O4/c1-13(31)26-15-5-3-14(4-6-15)21(32)28-23-27-19-11-16(7-8-18(19)29-30-23)34-17-9-10-25-20(12-17)22(33)24-2/h3-12H,1-2H3,(H,24,33)(H,26,31)(H,27,28,30,32). The summed E-state index contributed by atoms with van der Waals surface area (Å²) in [5.74, 6) is -0.0648. The van der Waals surface area contributed by atoms with Crippen LogP contribution in [0.5, 0.6) is 11.5 Å². The van der Waals surface area contributed by atoms with Gasteiger partial charge in [-0.25, -0.2) is 4.98 Å². The zero-order chi connectivity index (χ0) is 24.1. The maximum atomic E-state index is 12.5. The number of nitrogens with one attached hydrogen (secondary N) is 3. The second-order valence-electron chi connectivity index (χ2n) is 7.06. The van der Waals surface area contributed by atoms with Gasteiger partial charge in [0.25, 0.3) is 11.8 Å². The van der Waals surface area contributed by atoms with Crippen molar-refractivity contribution in [3.05, 3.63) is 72.1 Å². The Balaban J connectivity index is 1.50. The number of nitrogens with zero attached hydrogens (tertiary/aromatic N) is 4. The van der Waals surface area contributed by atoms with E-state index >= 15 is 0 Å². The summed E-state index contributed by atoms with van der Waals surface area (Å²) in [7, 11) is 1.52. The number of anilines is 2. The number of fused-ring (bicyclic) bond motifs is 1. The van der Waals surface area contributed by atoms with Gasteiger partial charge in [0, 0.05) is 43.6 Å². The third kappa shape index (κ3) is 5.27. The van der Waals surface area contributed by atoms with Gasteiger partial charge < -0.3 is 15.4 Å². The number of carbonyl (C=O) groups excluding carboxylic acids is 3. The fourth-order valence-electron chi connectivity index (χ4n) is 2.98. The van der Waals surface area contributed by atoms with Crippen LogP contribution in [0, 0.1) is 0 Å². The van der Waals surface area contributed by atoms with Crippen LogP contribution in [0.2, 0.25) is 0 Å². The largest absolute Gasteiger partial charge is 0.457 e. The number of carbonyl (C=O) groups is 3. The van der Waals surface area contributed by atoms with Gasteiger partial charge in [-0.1, -0.05) is 0 Å². The van der Waals surface area contributed by atoms with E-state index in [-0.39, 0.29) is 23.5 Å². The van der Waals surface area contributed by atoms with Crippen molar-refractivity contribution < 1.29 is 19.1 Å². The second-order valence-corrected chi connectivity index (χ2v) is 7.06. The quantitative estimate of drug-likeness (QED) is 0.400. The first kappa shape index (κ1) is 22.3. The molecule has 0 unspecified atom stereocenters. The van der Waals surface area contributed by atoms with Gasteiger partial charge in [0.1, 0.15) is 22.7 Å². The first-order valence-electron chi connectivity index (χ1n) is 10.1. The molecule has 4 rings (SSSR count). The van der Waals surface area contributed by atoms with Crippen LogP contribution in [0.15, 0.2) is 60.8 Å². The lowest BCUT2D eigenvalue weighted by Crippen LogP contribution is -2.18. The van der Waals surface area contributed by atoms with Crippen molar-refractivity contribution in [2.75, 3.05) is 17.7 Å². The molecule has 0 saturated heterocycles. The molecular formula is C23H19N7O4. The minimum atomic E-state index is -0.429. The van der Waals surface area contributed by atoms with Gasteiger partial charge in [0.15, 0.2) is 0 Å². The second kappa shape index (κ2) is 9.69. The zero-order valence-electron chi connectivity index (χ0n) is 18.2. The number of ether oxygens (including phenoxy) is 1. The summed E-state index contributed by atoms with van der Waals surface area (Å²) >= 11 is 0. The summed E-state index contributed by atoms with van der Waals surface area (Å²) in [4.78, 5) is 43.8. The summed E-state index contributed by atoms with van der Waals surface area (Å²) in [5, 5.41) is 15.8. The molecule has 4 aromatic rings. The van der Waals surface area contributed by atoms with E-state index in [0.717, 1.165) is 0 Å². The maximum Gasteiger partial charge on any atom is 0.269 e. The van der Waals surface area contributed by atoms with Crippen LogP contribution in [0.3, 0.4) is 0 Å². The minimum Gasteiger partial charge on any atom is -0.457 e. The molecule has 0 bridgehead atoms. The van der Waals surface area contributed by atoms with Crippen LogP contribution >= 0.6 is 0 Å². The fourth-order valence-corrected chi connectivity index (χ4v) is 2.98. The molecule has 2 heterocycles. The molecule has 11 nitrogen and oxygen atoms in total. The highest BCUT2D eigenvalue weighted by atomic mass is 16.5. The van der Waals surface area contributed by atoms with Crippen molar-refractivity contribution in [1.82, 2.24) is 25.5 Å². The highest BCUT2D eigenvalue weighted by molar-refractivity contribution is 6.04. The van der Waals surface area contributed by atoms with Gasteiger partial charge in [-0.2, -0.15) is 0 Å². The van der Waals surface area contributed by atoms with Crippen molar-refractivity contribution in [3.8, 4) is 11.5 Å². The molecule has 3 N–H and O–H groups in total. The molecule has 0 fully saturated rings. The lowest BCUT2D eigenvalue weighted by atomic mass is 10.2. The molecule has 170 valence electrons. The van der Waals surface area contributed by atoms with E-state index in [4.69, 9.17) is 4.74 Å². The van der Waals surface area contributed by atoms with E-state index in [9.17, 15) is 14.4 Å². The van der Waals surface area contributed by atoms with Crippen LogP contribution in [0.4, 0.5) is 11.6 Å². The lowest BCUT2D eigenvalue weighted by Gasteiger charge is -2.08. The Morgan fingerprint density at radius 1 is 0.824 bits per heavy atom. The Morgan fingerprint density at radius 2 is 1.59 bits per heavy atom. The minimum absolute atomic E-state index is 0.0198. The molecule has 2 aromatic heterocycles. The SMILES string of the molecule is CNC(=O)c1cc(Oc2ccc3nnc(NC(=O)c4ccc(NC(C)=O)cc4)nc3c2)ccn1. The van der Waals surface area contributed by atoms with Crippen LogP contribution < -0.4 is 20.7 Å². The molecule has 0 aliphatic carbocycles. The number of benzene rings is 2. The van der Waals surface area contributed by atoms with Gasteiger partial charge in [-0.3, -0.25) is 24.7 Å². The van der Waals surface area contributed by atoms with Gasteiger partial charge in [-0.15, -0.1) is 10.2 Å². The Labute approximate surface area is 193 Å². The summed E-state index contributed by atoms with van der Waals surface area (Å²) in [6, 6.07) is 14.5. The van der Waals surface area contributed by atoms with Crippen molar-refractivity contribution in [1.29, 1.82) is 0 Å². The predicted octanol–water partition coefficient (Wildman–Crippen LogP) is 2.78. The lowest BCUT2D eigenvalue weighted by molar-refractivity contribution is -0.114. The normalized spacial score (nSPS) is 10.4. The molecule has 0 saturated carbocycles. The summed E-state index contributed by atoms with van der Waals surface area (Å²) in [6.45, 7) is 1.40. The number of pyridine rings is 1. The Bertz CT molecular complexity index is 1390. The average molecular weight is 457 g/mol. The third-order valence-electron chi connectivity index (χ3n) is 4.55. The topological polar surface area (TPSA) is 148 Å². The molecule has 0 radical (unpaired) electrons. The number of hydrogen-bond acceptors (Lipinski definition) is 8. The number of amides is 3. The molecule has 0 spiro atoms. The molecule has 2 aromatic carbocycles. The van der Waals surface area contributed by atoms with Crippen molar-refractivity contribution in [3.63, 3.8) is 0 Å². The van der Waals surface area contributed by atoms with Gasteiger partial charge in [0.2, 0.25) is 11.9 Å². The van der Waals surface area contributed by atoms with E-state index in [1.807, 2.05) is 0 Å². The van der Waals surface area contributed by atoms with E-state index < -0.39 is 5.91 Å². The van der Waals surface area contributed by atoms with Gasteiger partial charge in [0.05, 0.1) is 5.52 Å². The third-order valence-corrected chi connectivity index (χ3v) is 4.55. The number of hydrogen-bond donors (Lipinski definition) is 3. The summed E-state index contributed by atoms with van der Waals surface area (Å²) in [5.41, 5.74) is 2.12. The number of rotatable bonds is 6. The Kier molecular flexibility index (Phi) is 6.35. The highest BCUT2D eigenvalue weighted by Crippen LogP contribution is 2.24. The van der Waals surface area contributed by atoms with Crippen molar-refractivity contribution >= 4 is 40.4 Å². The Morgan fingerprint density at radius 3 is 2.32 bits per heavy atom. The van der Waals surface area contributed by atoms with Crippen LogP contribution in [0.25, 0.3) is 11.0 Å². The van der Waals surface area contributed by atoms with Gasteiger partial charge >= 0.3 is 0 Å². The van der Waals surface area contributed by atoms with E-state index in [0.29, 0.717) is 33.8 Å². The fraction of sp³-hybridized carbons (Fsp3) is 0.0870. The van der Waals surface area contributed by atoms with Crippen LogP contribution in [-0.2, 0) is 4.79 Å². The van der Waals surface area contributed by atoms with E-state index in [2.05, 4.69) is 36.1 Å². The molecule has 3 amide bonds. The van der Waals surface area contributed by atoms with E-state index in [1.54, 1.807) is 48.5 Å². The number of aromatic nitrogens is 4. The first-order chi connectivity index (χ1) is 16.4. The summed E-state index contributed by atoms with van der Waals surface area (Å²) in [6.07, 6.45) is 1.47. The molecule has 0 aliphatic rings. The summed E-state index contributed by atoms with van der Waals surface area (Å²) < 4.78 is 5.83. The van der Waals surface area contributed by atoms with Gasteiger partial charge in [-0.05, 0) is 42.5 Å². The van der Waals surface area contributed by atoms with E-state index in [1.165, 1.54) is 26.2 Å². The Hall–Kier alpha value is -4.93. The average Bonchev–Trinajstić information content (AvgIpc) is 2.83. The molecule has 0 aliphatic heterocycles. The maximum absolute atomic E-state index is 12.5. The van der Waals surface area contributed by atoms with Crippen molar-refractivity contribution in [2.24, 2.45) is 0 Å². The first-order valence-corrected chi connectivity index (χ1v) is 10.1. The van der Waals surface area contributed by atoms with Crippen molar-refractivity contribution in [2.45, 2.75) is 6.92 Å². The monoisotopic (exact) mass is 457 g/mol. The molecule has 11 heteroatoms. The molecule has 0 atom stereocenters. The smallest absolute Gasteiger partial charge is 0.269 e. The highest BCUT2D eigenvalue weighted by Gasteiger charge is 2.11. The molecule has 34 heavy (non-hydrogen) atoms.